The molecule has 0 saturated carbocycles. The van der Waals surface area contributed by atoms with Gasteiger partial charge in [-0.2, -0.15) is 4.98 Å². The lowest BCUT2D eigenvalue weighted by Gasteiger charge is -2.34. The third-order valence-electron chi connectivity index (χ3n) is 4.61. The summed E-state index contributed by atoms with van der Waals surface area (Å²) >= 11 is 0. The van der Waals surface area contributed by atoms with Gasteiger partial charge in [-0.1, -0.05) is 6.07 Å². The summed E-state index contributed by atoms with van der Waals surface area (Å²) in [6.07, 6.45) is 3.49. The summed E-state index contributed by atoms with van der Waals surface area (Å²) in [6.45, 7) is 6.46. The van der Waals surface area contributed by atoms with Crippen LogP contribution in [-0.2, 0) is 0 Å². The Morgan fingerprint density at radius 1 is 1.19 bits per heavy atom. The third kappa shape index (κ3) is 3.41. The molecule has 1 saturated heterocycles. The van der Waals surface area contributed by atoms with Crippen LogP contribution in [0, 0.1) is 0 Å². The van der Waals surface area contributed by atoms with Crippen LogP contribution < -0.4 is 21.1 Å². The van der Waals surface area contributed by atoms with Crippen molar-refractivity contribution in [3.63, 3.8) is 0 Å². The second-order valence-corrected chi connectivity index (χ2v) is 6.82. The predicted molar refractivity (Wildman–Crippen MR) is 105 cm³/mol. The Morgan fingerprint density at radius 3 is 2.78 bits per heavy atom. The number of piperazine rings is 1. The molecule has 0 amide bonds. The number of hydrogen-bond donors (Lipinski definition) is 2. The van der Waals surface area contributed by atoms with Crippen molar-refractivity contribution in [2.24, 2.45) is 0 Å². The van der Waals surface area contributed by atoms with Crippen molar-refractivity contribution >= 4 is 22.8 Å². The first-order valence-corrected chi connectivity index (χ1v) is 9.18. The lowest BCUT2D eigenvalue weighted by molar-refractivity contribution is 0.418. The molecule has 1 aliphatic rings. The maximum atomic E-state index is 12.4. The SMILES string of the molecule is CC(C)n1c(=O)ccc2cnc(N(c3ccccn3)C3CNCCN3)nc21. The Kier molecular flexibility index (Phi) is 4.83. The second kappa shape index (κ2) is 7.42. The summed E-state index contributed by atoms with van der Waals surface area (Å²) in [6, 6.07) is 9.09. The summed E-state index contributed by atoms with van der Waals surface area (Å²) in [5, 5.41) is 7.71. The number of fused-ring (bicyclic) bond motifs is 1. The Morgan fingerprint density at radius 2 is 2.07 bits per heavy atom. The molecule has 0 aliphatic carbocycles. The highest BCUT2D eigenvalue weighted by atomic mass is 16.1. The van der Waals surface area contributed by atoms with E-state index in [0.717, 1.165) is 30.8 Å². The minimum Gasteiger partial charge on any atom is -0.312 e. The first kappa shape index (κ1) is 17.6. The van der Waals surface area contributed by atoms with Crippen LogP contribution in [0.3, 0.4) is 0 Å². The van der Waals surface area contributed by atoms with Crippen LogP contribution in [0.1, 0.15) is 19.9 Å². The molecule has 2 N–H and O–H groups in total. The highest BCUT2D eigenvalue weighted by Crippen LogP contribution is 2.24. The third-order valence-corrected chi connectivity index (χ3v) is 4.61. The predicted octanol–water partition coefficient (Wildman–Crippen LogP) is 1.42. The highest BCUT2D eigenvalue weighted by Gasteiger charge is 2.26. The number of pyridine rings is 2. The number of rotatable bonds is 4. The molecule has 4 rings (SSSR count). The van der Waals surface area contributed by atoms with Crippen molar-refractivity contribution < 1.29 is 0 Å². The van der Waals surface area contributed by atoms with Crippen LogP contribution in [0.2, 0.25) is 0 Å². The molecule has 27 heavy (non-hydrogen) atoms. The molecule has 0 bridgehead atoms. The van der Waals surface area contributed by atoms with E-state index < -0.39 is 0 Å². The lowest BCUT2D eigenvalue weighted by Crippen LogP contribution is -2.56. The van der Waals surface area contributed by atoms with Gasteiger partial charge in [0.15, 0.2) is 0 Å². The monoisotopic (exact) mass is 365 g/mol. The minimum atomic E-state index is -0.0657. The maximum absolute atomic E-state index is 12.4. The Bertz CT molecular complexity index is 980. The van der Waals surface area contributed by atoms with Gasteiger partial charge in [0.2, 0.25) is 5.95 Å². The van der Waals surface area contributed by atoms with Gasteiger partial charge in [-0.25, -0.2) is 9.97 Å². The van der Waals surface area contributed by atoms with E-state index in [1.807, 2.05) is 36.9 Å². The molecule has 8 heteroatoms. The van der Waals surface area contributed by atoms with Gasteiger partial charge in [0, 0.05) is 49.5 Å². The van der Waals surface area contributed by atoms with Crippen LogP contribution in [-0.4, -0.2) is 45.3 Å². The van der Waals surface area contributed by atoms with E-state index in [2.05, 4.69) is 20.6 Å². The molecule has 3 aromatic heterocycles. The molecule has 1 fully saturated rings. The number of nitrogens with one attached hydrogen (secondary N) is 2. The standard InChI is InChI=1S/C19H23N7O/c1-13(2)25-17(27)7-6-14-11-23-19(24-18(14)25)26(15-5-3-4-8-21-15)16-12-20-9-10-22-16/h3-8,11,13,16,20,22H,9-10,12H2,1-2H3. The quantitative estimate of drug-likeness (QED) is 0.723. The van der Waals surface area contributed by atoms with E-state index in [1.165, 1.54) is 0 Å². The van der Waals surface area contributed by atoms with Gasteiger partial charge in [0.05, 0.1) is 0 Å². The van der Waals surface area contributed by atoms with Crippen molar-refractivity contribution in [3.05, 3.63) is 53.1 Å². The fraction of sp³-hybridized carbons (Fsp3) is 0.368. The van der Waals surface area contributed by atoms with E-state index in [1.54, 1.807) is 29.1 Å². The maximum Gasteiger partial charge on any atom is 0.252 e. The van der Waals surface area contributed by atoms with E-state index in [9.17, 15) is 4.79 Å². The fourth-order valence-corrected chi connectivity index (χ4v) is 3.36. The average molecular weight is 365 g/mol. The average Bonchev–Trinajstić information content (AvgIpc) is 2.69. The minimum absolute atomic E-state index is 0.00159. The zero-order valence-electron chi connectivity index (χ0n) is 15.5. The van der Waals surface area contributed by atoms with Crippen molar-refractivity contribution in [2.75, 3.05) is 24.5 Å². The van der Waals surface area contributed by atoms with Gasteiger partial charge in [-0.3, -0.25) is 19.6 Å². The van der Waals surface area contributed by atoms with E-state index in [0.29, 0.717) is 11.6 Å². The number of hydrogen-bond acceptors (Lipinski definition) is 7. The topological polar surface area (TPSA) is 88.0 Å². The molecule has 0 radical (unpaired) electrons. The first-order chi connectivity index (χ1) is 13.1. The normalized spacial score (nSPS) is 17.4. The second-order valence-electron chi connectivity index (χ2n) is 6.82. The smallest absolute Gasteiger partial charge is 0.252 e. The molecule has 1 atom stereocenters. The largest absolute Gasteiger partial charge is 0.312 e. The summed E-state index contributed by atoms with van der Waals surface area (Å²) in [4.78, 5) is 28.2. The number of anilines is 2. The Labute approximate surface area is 157 Å². The van der Waals surface area contributed by atoms with Crippen molar-refractivity contribution in [1.82, 2.24) is 30.2 Å². The van der Waals surface area contributed by atoms with Crippen molar-refractivity contribution in [3.8, 4) is 0 Å². The van der Waals surface area contributed by atoms with Gasteiger partial charge >= 0.3 is 0 Å². The number of nitrogens with zero attached hydrogens (tertiary/aromatic N) is 5. The first-order valence-electron chi connectivity index (χ1n) is 9.18. The van der Waals surface area contributed by atoms with Gasteiger partial charge in [0.25, 0.3) is 5.56 Å². The lowest BCUT2D eigenvalue weighted by atomic mass is 10.3. The summed E-state index contributed by atoms with van der Waals surface area (Å²) in [5.74, 6) is 1.27. The summed E-state index contributed by atoms with van der Waals surface area (Å²) in [7, 11) is 0. The molecular formula is C19H23N7O. The van der Waals surface area contributed by atoms with Crippen LogP contribution in [0.25, 0.3) is 11.0 Å². The van der Waals surface area contributed by atoms with E-state index in [4.69, 9.17) is 4.98 Å². The fourth-order valence-electron chi connectivity index (χ4n) is 3.36. The molecule has 0 spiro atoms. The van der Waals surface area contributed by atoms with Crippen LogP contribution >= 0.6 is 0 Å². The molecule has 1 aliphatic heterocycles. The van der Waals surface area contributed by atoms with Crippen molar-refractivity contribution in [1.29, 1.82) is 0 Å². The molecule has 3 aromatic rings. The highest BCUT2D eigenvalue weighted by molar-refractivity contribution is 5.76. The number of aromatic nitrogens is 4. The van der Waals surface area contributed by atoms with Gasteiger partial charge in [-0.15, -0.1) is 0 Å². The molecule has 4 heterocycles. The Balaban J connectivity index is 1.88. The van der Waals surface area contributed by atoms with E-state index >= 15 is 0 Å². The Hall–Kier alpha value is -2.84. The molecule has 140 valence electrons. The molecule has 1 unspecified atom stereocenters. The van der Waals surface area contributed by atoms with E-state index in [-0.39, 0.29) is 17.8 Å². The van der Waals surface area contributed by atoms with Crippen LogP contribution in [0.5, 0.6) is 0 Å². The molecular weight excluding hydrogens is 342 g/mol. The van der Waals surface area contributed by atoms with Gasteiger partial charge in [-0.05, 0) is 32.0 Å². The molecule has 8 nitrogen and oxygen atoms in total. The molecule has 0 aromatic carbocycles. The van der Waals surface area contributed by atoms with Crippen molar-refractivity contribution in [2.45, 2.75) is 26.1 Å². The zero-order valence-corrected chi connectivity index (χ0v) is 15.5. The van der Waals surface area contributed by atoms with Gasteiger partial charge in [0.1, 0.15) is 17.6 Å². The van der Waals surface area contributed by atoms with Crippen LogP contribution in [0.4, 0.5) is 11.8 Å². The van der Waals surface area contributed by atoms with Gasteiger partial charge < -0.3 is 5.32 Å². The summed E-state index contributed by atoms with van der Waals surface area (Å²) < 4.78 is 1.70. The van der Waals surface area contributed by atoms with Crippen LogP contribution in [0.15, 0.2) is 47.5 Å². The summed E-state index contributed by atoms with van der Waals surface area (Å²) in [5.41, 5.74) is 0.566. The zero-order chi connectivity index (χ0) is 18.8.